The number of rotatable bonds is 1. The van der Waals surface area contributed by atoms with Crippen molar-refractivity contribution in [1.29, 1.82) is 0 Å². The smallest absolute Gasteiger partial charge is 0.0944 e. The second-order valence-corrected chi connectivity index (χ2v) is 6.36. The molecule has 2 atom stereocenters. The van der Waals surface area contributed by atoms with Crippen LogP contribution in [0.25, 0.3) is 0 Å². The predicted molar refractivity (Wildman–Crippen MR) is 56.4 cm³/mol. The van der Waals surface area contributed by atoms with Crippen LogP contribution < -0.4 is 0 Å². The molecule has 3 heteroatoms. The molecule has 1 nitrogen and oxygen atoms in total. The Bertz CT molecular complexity index is 165. The number of thioether (sulfide) groups is 2. The SMILES string of the molecule is CC1N=C(C(C)C)SC(C)S1. The van der Waals surface area contributed by atoms with Crippen molar-refractivity contribution in [3.8, 4) is 0 Å². The van der Waals surface area contributed by atoms with Gasteiger partial charge in [-0.1, -0.05) is 25.6 Å². The van der Waals surface area contributed by atoms with Crippen LogP contribution in [0.5, 0.6) is 0 Å². The Hall–Kier alpha value is 0.370. The first-order chi connectivity index (χ1) is 5.09. The minimum Gasteiger partial charge on any atom is -0.269 e. The summed E-state index contributed by atoms with van der Waals surface area (Å²) in [6, 6.07) is 0. The first kappa shape index (κ1) is 9.46. The molecule has 0 saturated carbocycles. The van der Waals surface area contributed by atoms with Crippen LogP contribution in [0.4, 0.5) is 0 Å². The molecule has 0 fully saturated rings. The Morgan fingerprint density at radius 2 is 2.00 bits per heavy atom. The summed E-state index contributed by atoms with van der Waals surface area (Å²) in [7, 11) is 0. The van der Waals surface area contributed by atoms with Crippen LogP contribution >= 0.6 is 23.5 Å². The monoisotopic (exact) mass is 189 g/mol. The van der Waals surface area contributed by atoms with Crippen LogP contribution in [0.1, 0.15) is 27.7 Å². The number of nitrogens with zero attached hydrogens (tertiary/aromatic N) is 1. The van der Waals surface area contributed by atoms with Crippen molar-refractivity contribution in [3.63, 3.8) is 0 Å². The van der Waals surface area contributed by atoms with Crippen LogP contribution in [0.2, 0.25) is 0 Å². The zero-order valence-corrected chi connectivity index (χ0v) is 9.13. The maximum Gasteiger partial charge on any atom is 0.0944 e. The van der Waals surface area contributed by atoms with Gasteiger partial charge in [-0.05, 0) is 13.8 Å². The zero-order valence-electron chi connectivity index (χ0n) is 7.50. The third kappa shape index (κ3) is 2.71. The summed E-state index contributed by atoms with van der Waals surface area (Å²) < 4.78 is 0.680. The minimum absolute atomic E-state index is 0.462. The van der Waals surface area contributed by atoms with E-state index in [1.165, 1.54) is 5.04 Å². The van der Waals surface area contributed by atoms with E-state index in [2.05, 4.69) is 32.7 Å². The molecule has 11 heavy (non-hydrogen) atoms. The van der Waals surface area contributed by atoms with Gasteiger partial charge in [0.2, 0.25) is 0 Å². The summed E-state index contributed by atoms with van der Waals surface area (Å²) in [5, 5.41) is 1.78. The van der Waals surface area contributed by atoms with Crippen LogP contribution in [0.15, 0.2) is 4.99 Å². The maximum atomic E-state index is 4.57. The zero-order chi connectivity index (χ0) is 8.43. The maximum absolute atomic E-state index is 4.57. The van der Waals surface area contributed by atoms with E-state index in [9.17, 15) is 0 Å². The van der Waals surface area contributed by atoms with Crippen molar-refractivity contribution in [2.45, 2.75) is 37.7 Å². The molecule has 0 radical (unpaired) electrons. The number of hydrogen-bond acceptors (Lipinski definition) is 3. The van der Waals surface area contributed by atoms with Crippen molar-refractivity contribution in [1.82, 2.24) is 0 Å². The highest BCUT2D eigenvalue weighted by Crippen LogP contribution is 2.35. The molecule has 0 saturated heterocycles. The van der Waals surface area contributed by atoms with E-state index in [0.29, 0.717) is 15.9 Å². The summed E-state index contributed by atoms with van der Waals surface area (Å²) in [5.41, 5.74) is 0. The summed E-state index contributed by atoms with van der Waals surface area (Å²) in [4.78, 5) is 4.57. The van der Waals surface area contributed by atoms with E-state index >= 15 is 0 Å². The van der Waals surface area contributed by atoms with E-state index in [4.69, 9.17) is 0 Å². The fourth-order valence-electron chi connectivity index (χ4n) is 1.00. The molecule has 1 rings (SSSR count). The van der Waals surface area contributed by atoms with Gasteiger partial charge >= 0.3 is 0 Å². The van der Waals surface area contributed by atoms with Gasteiger partial charge in [0.25, 0.3) is 0 Å². The molecule has 0 bridgehead atoms. The molecule has 2 unspecified atom stereocenters. The molecule has 1 heterocycles. The van der Waals surface area contributed by atoms with Crippen molar-refractivity contribution in [3.05, 3.63) is 0 Å². The lowest BCUT2D eigenvalue weighted by Gasteiger charge is -2.23. The van der Waals surface area contributed by atoms with Gasteiger partial charge in [-0.25, -0.2) is 0 Å². The topological polar surface area (TPSA) is 12.4 Å². The molecule has 0 aromatic carbocycles. The lowest BCUT2D eigenvalue weighted by molar-refractivity contribution is 0.879. The number of hydrogen-bond donors (Lipinski definition) is 0. The predicted octanol–water partition coefficient (Wildman–Crippen LogP) is 3.21. The first-order valence-electron chi connectivity index (χ1n) is 3.99. The average molecular weight is 189 g/mol. The Balaban J connectivity index is 2.64. The highest BCUT2D eigenvalue weighted by Gasteiger charge is 2.20. The van der Waals surface area contributed by atoms with Crippen LogP contribution in [0.3, 0.4) is 0 Å². The molecule has 1 aliphatic rings. The van der Waals surface area contributed by atoms with Crippen LogP contribution in [-0.2, 0) is 0 Å². The third-order valence-electron chi connectivity index (χ3n) is 1.48. The fourth-order valence-corrected chi connectivity index (χ4v) is 3.63. The summed E-state index contributed by atoms with van der Waals surface area (Å²) >= 11 is 3.85. The van der Waals surface area contributed by atoms with Gasteiger partial charge in [0.05, 0.1) is 15.0 Å². The quantitative estimate of drug-likeness (QED) is 0.628. The Kier molecular flexibility index (Phi) is 3.31. The minimum atomic E-state index is 0.462. The van der Waals surface area contributed by atoms with Crippen LogP contribution in [-0.4, -0.2) is 15.0 Å². The van der Waals surface area contributed by atoms with Gasteiger partial charge in [0, 0.05) is 5.92 Å². The first-order valence-corrected chi connectivity index (χ1v) is 5.81. The average Bonchev–Trinajstić information content (AvgIpc) is 1.85. The van der Waals surface area contributed by atoms with E-state index in [-0.39, 0.29) is 0 Å². The molecule has 1 aliphatic heterocycles. The van der Waals surface area contributed by atoms with Crippen molar-refractivity contribution in [2.75, 3.05) is 0 Å². The summed E-state index contributed by atoms with van der Waals surface area (Å²) in [5.74, 6) is 0.603. The van der Waals surface area contributed by atoms with E-state index < -0.39 is 0 Å². The molecule has 0 N–H and O–H groups in total. The summed E-state index contributed by atoms with van der Waals surface area (Å²) in [6.45, 7) is 8.84. The Morgan fingerprint density at radius 1 is 1.36 bits per heavy atom. The molecule has 0 aromatic heterocycles. The molecule has 64 valence electrons. The van der Waals surface area contributed by atoms with Crippen LogP contribution in [0, 0.1) is 5.92 Å². The van der Waals surface area contributed by atoms with E-state index in [1.54, 1.807) is 0 Å². The second kappa shape index (κ2) is 3.85. The van der Waals surface area contributed by atoms with Gasteiger partial charge in [0.15, 0.2) is 0 Å². The highest BCUT2D eigenvalue weighted by atomic mass is 32.2. The molecular weight excluding hydrogens is 174 g/mol. The van der Waals surface area contributed by atoms with Gasteiger partial charge in [-0.15, -0.1) is 11.8 Å². The van der Waals surface area contributed by atoms with Gasteiger partial charge in [0.1, 0.15) is 0 Å². The standard InChI is InChI=1S/C8H15NS2/c1-5(2)8-9-6(3)10-7(4)11-8/h5-7H,1-4H3. The van der Waals surface area contributed by atoms with Gasteiger partial charge in [-0.2, -0.15) is 0 Å². The molecular formula is C8H15NS2. The molecule has 0 amide bonds. The van der Waals surface area contributed by atoms with Crippen molar-refractivity contribution < 1.29 is 0 Å². The van der Waals surface area contributed by atoms with Gasteiger partial charge < -0.3 is 0 Å². The largest absolute Gasteiger partial charge is 0.269 e. The normalized spacial score (nSPS) is 32.3. The lowest BCUT2D eigenvalue weighted by atomic mass is 10.2. The van der Waals surface area contributed by atoms with Crippen molar-refractivity contribution >= 4 is 28.6 Å². The molecule has 0 aromatic rings. The third-order valence-corrected chi connectivity index (χ3v) is 4.13. The van der Waals surface area contributed by atoms with Gasteiger partial charge in [-0.3, -0.25) is 4.99 Å². The Morgan fingerprint density at radius 3 is 2.45 bits per heavy atom. The second-order valence-electron chi connectivity index (χ2n) is 3.04. The number of aliphatic imine (C=N–C) groups is 1. The molecule has 0 aliphatic carbocycles. The van der Waals surface area contributed by atoms with Crippen molar-refractivity contribution in [2.24, 2.45) is 10.9 Å². The molecule has 0 spiro atoms. The summed E-state index contributed by atoms with van der Waals surface area (Å²) in [6.07, 6.45) is 0. The van der Waals surface area contributed by atoms with E-state index in [0.717, 1.165) is 0 Å². The highest BCUT2D eigenvalue weighted by molar-refractivity contribution is 8.25. The lowest BCUT2D eigenvalue weighted by Crippen LogP contribution is -2.15. The van der Waals surface area contributed by atoms with E-state index in [1.807, 2.05) is 23.5 Å². The fraction of sp³-hybridized carbons (Fsp3) is 0.875. The Labute approximate surface area is 77.4 Å².